The van der Waals surface area contributed by atoms with Crippen LogP contribution in [0.4, 0.5) is 0 Å². The quantitative estimate of drug-likeness (QED) is 0.172. The van der Waals surface area contributed by atoms with Crippen molar-refractivity contribution in [3.63, 3.8) is 0 Å². The van der Waals surface area contributed by atoms with Gasteiger partial charge in [-0.25, -0.2) is 0 Å². The van der Waals surface area contributed by atoms with Crippen LogP contribution in [0, 0.1) is 6.92 Å². The van der Waals surface area contributed by atoms with Gasteiger partial charge in [-0.2, -0.15) is 0 Å². The second-order valence-electron chi connectivity index (χ2n) is 14.8. The standard InChI is InChI=1S/C26H41B19/c1-2-7(27)9(29)3(10(30)8(2)28)26(4-11(31)17(37)23(43)18(38)12(4)32,5-13(33)19(39)24(44)20(40)14(5)34)6-15(35)21(41)25(45)22(42)16(6)36/h27-45H2,1H3. The lowest BCUT2D eigenvalue weighted by molar-refractivity contribution is 0.792. The van der Waals surface area contributed by atoms with Crippen LogP contribution in [-0.4, -0.2) is 149 Å². The lowest BCUT2D eigenvalue weighted by atomic mass is 9.43. The van der Waals surface area contributed by atoms with E-state index in [-0.39, 0.29) is 0 Å². The van der Waals surface area contributed by atoms with Crippen LogP contribution in [0.15, 0.2) is 0 Å². The van der Waals surface area contributed by atoms with Crippen LogP contribution in [0.3, 0.4) is 0 Å². The van der Waals surface area contributed by atoms with Crippen molar-refractivity contribution < 1.29 is 0 Å². The van der Waals surface area contributed by atoms with E-state index in [1.54, 1.807) is 0 Å². The largest absolute Gasteiger partial charge is 0.138 e. The molecule has 4 aromatic rings. The fourth-order valence-electron chi connectivity index (χ4n) is 9.00. The van der Waals surface area contributed by atoms with Crippen LogP contribution in [0.1, 0.15) is 27.8 Å². The van der Waals surface area contributed by atoms with Crippen molar-refractivity contribution in [2.24, 2.45) is 0 Å². The average molecular weight is 559 g/mol. The second kappa shape index (κ2) is 12.3. The van der Waals surface area contributed by atoms with E-state index in [1.807, 2.05) is 0 Å². The minimum atomic E-state index is -0.510. The molecule has 0 nitrogen and oxygen atoms in total. The molecule has 4 rings (SSSR count). The predicted molar refractivity (Wildman–Crippen MR) is 265 cm³/mol. The predicted octanol–water partition coefficient (Wildman–Crippen LogP) is -26.7. The third-order valence-electron chi connectivity index (χ3n) is 13.5. The van der Waals surface area contributed by atoms with Gasteiger partial charge in [0, 0.05) is 0 Å². The molecule has 0 radical (unpaired) electrons. The lowest BCUT2D eigenvalue weighted by Gasteiger charge is -2.49. The van der Waals surface area contributed by atoms with E-state index in [2.05, 4.69) is 156 Å². The normalized spacial score (nSPS) is 11.6. The monoisotopic (exact) mass is 562 g/mol. The van der Waals surface area contributed by atoms with Crippen molar-refractivity contribution in [3.05, 3.63) is 27.8 Å². The van der Waals surface area contributed by atoms with E-state index in [0.717, 1.165) is 0 Å². The van der Waals surface area contributed by atoms with Crippen molar-refractivity contribution in [3.8, 4) is 0 Å². The van der Waals surface area contributed by atoms with Crippen molar-refractivity contribution in [1.29, 1.82) is 0 Å². The third kappa shape index (κ3) is 4.86. The Morgan fingerprint density at radius 3 is 0.533 bits per heavy atom. The molecule has 0 aliphatic rings. The van der Waals surface area contributed by atoms with Crippen LogP contribution in [-0.2, 0) is 5.41 Å². The first-order valence-corrected chi connectivity index (χ1v) is 17.0. The molecular formula is C26H41B19. The van der Waals surface area contributed by atoms with Gasteiger partial charge in [0.2, 0.25) is 0 Å². The molecule has 0 aliphatic heterocycles. The first kappa shape index (κ1) is 36.0. The molecular weight excluding hydrogens is 518 g/mol. The smallest absolute Gasteiger partial charge is 0.102 e. The van der Waals surface area contributed by atoms with Gasteiger partial charge in [-0.15, -0.1) is 49.2 Å². The fraction of sp³-hybridized carbons (Fsp3) is 0.0769. The van der Waals surface area contributed by atoms with E-state index in [9.17, 15) is 0 Å². The summed E-state index contributed by atoms with van der Waals surface area (Å²) in [7, 11) is 45.1. The lowest BCUT2D eigenvalue weighted by Crippen LogP contribution is -2.69. The Balaban J connectivity index is 2.69. The van der Waals surface area contributed by atoms with E-state index >= 15 is 0 Å². The van der Waals surface area contributed by atoms with Crippen LogP contribution in [0.2, 0.25) is 0 Å². The molecule has 0 atom stereocenters. The Bertz CT molecular complexity index is 1560. The molecule has 45 heavy (non-hydrogen) atoms. The minimum absolute atomic E-state index is 0.510. The summed E-state index contributed by atoms with van der Waals surface area (Å²) in [5.74, 6) is 0. The summed E-state index contributed by atoms with van der Waals surface area (Å²) in [5.41, 5.74) is 33.8. The van der Waals surface area contributed by atoms with Gasteiger partial charge in [0.05, 0.1) is 5.41 Å². The third-order valence-corrected chi connectivity index (χ3v) is 13.5. The van der Waals surface area contributed by atoms with Gasteiger partial charge < -0.3 is 0 Å². The number of hydrogen-bond acceptors (Lipinski definition) is 0. The molecule has 0 amide bonds. The fourth-order valence-corrected chi connectivity index (χ4v) is 9.00. The van der Waals surface area contributed by atoms with E-state index in [1.165, 1.54) is 132 Å². The Morgan fingerprint density at radius 1 is 0.222 bits per heavy atom. The molecule has 0 N–H and O–H groups in total. The van der Waals surface area contributed by atoms with Gasteiger partial charge in [-0.05, 0) is 29.2 Å². The topological polar surface area (TPSA) is 0 Å². The van der Waals surface area contributed by atoms with Gasteiger partial charge in [0.15, 0.2) is 0 Å². The van der Waals surface area contributed by atoms with Gasteiger partial charge in [0.1, 0.15) is 149 Å². The summed E-state index contributed by atoms with van der Waals surface area (Å²) in [6.45, 7) is 2.32. The molecule has 0 unspecified atom stereocenters. The molecule has 0 fully saturated rings. The summed E-state index contributed by atoms with van der Waals surface area (Å²) < 4.78 is 0. The van der Waals surface area contributed by atoms with Gasteiger partial charge >= 0.3 is 0 Å². The van der Waals surface area contributed by atoms with E-state index < -0.39 is 5.41 Å². The van der Waals surface area contributed by atoms with Crippen molar-refractivity contribution in [2.75, 3.05) is 0 Å². The Kier molecular flexibility index (Phi) is 9.82. The van der Waals surface area contributed by atoms with Crippen molar-refractivity contribution in [1.82, 2.24) is 0 Å². The highest BCUT2D eigenvalue weighted by molar-refractivity contribution is 6.71. The zero-order valence-electron chi connectivity index (χ0n) is 32.5. The zero-order chi connectivity index (χ0) is 34.4. The highest BCUT2D eigenvalue weighted by Crippen LogP contribution is 2.38. The second-order valence-corrected chi connectivity index (χ2v) is 14.8. The Morgan fingerprint density at radius 2 is 0.356 bits per heavy atom. The van der Waals surface area contributed by atoms with Crippen LogP contribution in [0.5, 0.6) is 0 Å². The molecule has 0 saturated carbocycles. The Hall–Kier alpha value is -1.89. The van der Waals surface area contributed by atoms with Gasteiger partial charge in [0.25, 0.3) is 0 Å². The van der Waals surface area contributed by atoms with Crippen molar-refractivity contribution in [2.45, 2.75) is 12.3 Å². The molecule has 0 bridgehead atoms. The van der Waals surface area contributed by atoms with Gasteiger partial charge in [-0.3, -0.25) is 0 Å². The van der Waals surface area contributed by atoms with Crippen LogP contribution >= 0.6 is 0 Å². The summed E-state index contributed by atoms with van der Waals surface area (Å²) in [6, 6.07) is 0. The average Bonchev–Trinajstić information content (AvgIpc) is 3.00. The summed E-state index contributed by atoms with van der Waals surface area (Å²) in [5, 5.41) is 0. The van der Waals surface area contributed by atoms with Crippen molar-refractivity contribution >= 4 is 253 Å². The highest BCUT2D eigenvalue weighted by Gasteiger charge is 2.47. The first-order valence-electron chi connectivity index (χ1n) is 17.0. The van der Waals surface area contributed by atoms with Crippen LogP contribution < -0.4 is 104 Å². The maximum Gasteiger partial charge on any atom is 0.138 e. The minimum Gasteiger partial charge on any atom is -0.102 e. The maximum absolute atomic E-state index is 2.41. The number of rotatable bonds is 4. The highest BCUT2D eigenvalue weighted by atomic mass is 14.5. The molecule has 0 aliphatic carbocycles. The van der Waals surface area contributed by atoms with Crippen LogP contribution in [0.25, 0.3) is 0 Å². The molecule has 19 heteroatoms. The molecule has 0 aromatic heterocycles. The molecule has 0 heterocycles. The molecule has 0 spiro atoms. The van der Waals surface area contributed by atoms with E-state index in [0.29, 0.717) is 0 Å². The first-order chi connectivity index (χ1) is 20.7. The summed E-state index contributed by atoms with van der Waals surface area (Å²) in [4.78, 5) is 0. The molecule has 4 aromatic carbocycles. The molecule has 202 valence electrons. The summed E-state index contributed by atoms with van der Waals surface area (Å²) in [6.07, 6.45) is 0. The van der Waals surface area contributed by atoms with E-state index in [4.69, 9.17) is 0 Å². The Labute approximate surface area is 291 Å². The SMILES string of the molecule is Bc1c(B)c(B)c(C(c2c(B)c(B)c(B)c(B)c2B)(c2c(B)c(B)c(B)c(B)c2B)c2c(B)c(B)c(C)c(B)c2B)c(B)c1B. The number of hydrogen-bond donors (Lipinski definition) is 0. The number of benzene rings is 4. The summed E-state index contributed by atoms with van der Waals surface area (Å²) >= 11 is 0. The van der Waals surface area contributed by atoms with Gasteiger partial charge in [-0.1, -0.05) is 60.2 Å². The maximum atomic E-state index is 2.41. The molecule has 0 saturated heterocycles. The zero-order valence-corrected chi connectivity index (χ0v) is 32.5.